The van der Waals surface area contributed by atoms with Gasteiger partial charge in [0.25, 0.3) is 0 Å². The molecular formula is C22H30O2. The van der Waals surface area contributed by atoms with Crippen molar-refractivity contribution in [1.29, 1.82) is 0 Å². The van der Waals surface area contributed by atoms with Crippen LogP contribution < -0.4 is 0 Å². The third-order valence-electron chi connectivity index (χ3n) is 4.16. The van der Waals surface area contributed by atoms with Crippen molar-refractivity contribution < 1.29 is 9.78 Å². The summed E-state index contributed by atoms with van der Waals surface area (Å²) in [5.41, 5.74) is 2.84. The van der Waals surface area contributed by atoms with Gasteiger partial charge in [-0.3, -0.25) is 0 Å². The maximum absolute atomic E-state index is 5.25. The molecule has 0 aliphatic heterocycles. The lowest BCUT2D eigenvalue weighted by Gasteiger charge is -2.05. The van der Waals surface area contributed by atoms with E-state index in [0.717, 1.165) is 25.7 Å². The molecule has 0 saturated carbocycles. The van der Waals surface area contributed by atoms with Crippen LogP contribution in [0.25, 0.3) is 0 Å². The summed E-state index contributed by atoms with van der Waals surface area (Å²) in [6.07, 6.45) is 9.26. The SMILES string of the molecule is c1ccc(CCCCCOOCCCCCc2ccccc2)cc1. The van der Waals surface area contributed by atoms with E-state index in [2.05, 4.69) is 60.7 Å². The molecule has 2 nitrogen and oxygen atoms in total. The van der Waals surface area contributed by atoms with E-state index in [9.17, 15) is 0 Å². The Morgan fingerprint density at radius 1 is 0.458 bits per heavy atom. The summed E-state index contributed by atoms with van der Waals surface area (Å²) < 4.78 is 0. The number of aryl methyl sites for hydroxylation is 2. The number of hydrogen-bond acceptors (Lipinski definition) is 2. The fourth-order valence-electron chi connectivity index (χ4n) is 2.74. The normalized spacial score (nSPS) is 10.8. The Kier molecular flexibility index (Phi) is 9.93. The summed E-state index contributed by atoms with van der Waals surface area (Å²) in [5, 5.41) is 0. The van der Waals surface area contributed by atoms with Crippen LogP contribution >= 0.6 is 0 Å². The minimum absolute atomic E-state index is 0.707. The molecule has 0 aliphatic carbocycles. The van der Waals surface area contributed by atoms with E-state index in [4.69, 9.17) is 9.78 Å². The predicted octanol–water partition coefficient (Wildman–Crippen LogP) is 5.76. The van der Waals surface area contributed by atoms with Crippen LogP contribution in [0.3, 0.4) is 0 Å². The van der Waals surface area contributed by atoms with Crippen LogP contribution in [0, 0.1) is 0 Å². The van der Waals surface area contributed by atoms with Gasteiger partial charge in [0.05, 0.1) is 13.2 Å². The molecule has 0 amide bonds. The second kappa shape index (κ2) is 12.7. The highest BCUT2D eigenvalue weighted by Crippen LogP contribution is 2.07. The Balaban J connectivity index is 1.32. The molecule has 2 aromatic carbocycles. The van der Waals surface area contributed by atoms with Crippen molar-refractivity contribution in [1.82, 2.24) is 0 Å². The quantitative estimate of drug-likeness (QED) is 0.265. The third-order valence-corrected chi connectivity index (χ3v) is 4.16. The van der Waals surface area contributed by atoms with Gasteiger partial charge < -0.3 is 0 Å². The first-order valence-corrected chi connectivity index (χ1v) is 9.27. The van der Waals surface area contributed by atoms with E-state index in [-0.39, 0.29) is 0 Å². The molecule has 0 N–H and O–H groups in total. The highest BCUT2D eigenvalue weighted by molar-refractivity contribution is 5.15. The highest BCUT2D eigenvalue weighted by Gasteiger charge is 1.96. The maximum atomic E-state index is 5.25. The molecule has 0 heterocycles. The van der Waals surface area contributed by atoms with Gasteiger partial charge in [-0.05, 0) is 49.7 Å². The second-order valence-corrected chi connectivity index (χ2v) is 6.24. The molecule has 0 saturated heterocycles. The van der Waals surface area contributed by atoms with Crippen LogP contribution in [-0.4, -0.2) is 13.2 Å². The van der Waals surface area contributed by atoms with Gasteiger partial charge in [-0.15, -0.1) is 0 Å². The molecule has 2 heteroatoms. The second-order valence-electron chi connectivity index (χ2n) is 6.24. The van der Waals surface area contributed by atoms with Crippen molar-refractivity contribution >= 4 is 0 Å². The maximum Gasteiger partial charge on any atom is 0.0822 e. The van der Waals surface area contributed by atoms with Gasteiger partial charge in [0.15, 0.2) is 0 Å². The van der Waals surface area contributed by atoms with E-state index >= 15 is 0 Å². The van der Waals surface area contributed by atoms with Crippen LogP contribution in [0.2, 0.25) is 0 Å². The molecule has 0 radical (unpaired) electrons. The largest absolute Gasteiger partial charge is 0.237 e. The van der Waals surface area contributed by atoms with Crippen LogP contribution in [0.1, 0.15) is 49.7 Å². The average molecular weight is 326 g/mol. The third kappa shape index (κ3) is 8.85. The van der Waals surface area contributed by atoms with Gasteiger partial charge in [-0.25, -0.2) is 9.78 Å². The average Bonchev–Trinajstić information content (AvgIpc) is 2.64. The smallest absolute Gasteiger partial charge is 0.0822 e. The molecule has 2 aromatic rings. The van der Waals surface area contributed by atoms with Crippen LogP contribution in [0.5, 0.6) is 0 Å². The Morgan fingerprint density at radius 3 is 1.29 bits per heavy atom. The fourth-order valence-corrected chi connectivity index (χ4v) is 2.74. The summed E-state index contributed by atoms with van der Waals surface area (Å²) >= 11 is 0. The number of unbranched alkanes of at least 4 members (excludes halogenated alkanes) is 4. The predicted molar refractivity (Wildman–Crippen MR) is 99.9 cm³/mol. The molecule has 0 bridgehead atoms. The van der Waals surface area contributed by atoms with Gasteiger partial charge in [0.2, 0.25) is 0 Å². The molecule has 2 rings (SSSR count). The van der Waals surface area contributed by atoms with Crippen LogP contribution in [0.4, 0.5) is 0 Å². The lowest BCUT2D eigenvalue weighted by Crippen LogP contribution is -1.99. The van der Waals surface area contributed by atoms with Crippen molar-refractivity contribution in [3.8, 4) is 0 Å². The summed E-state index contributed by atoms with van der Waals surface area (Å²) in [4.78, 5) is 10.5. The van der Waals surface area contributed by atoms with Crippen molar-refractivity contribution in [3.05, 3.63) is 71.8 Å². The van der Waals surface area contributed by atoms with Gasteiger partial charge >= 0.3 is 0 Å². The monoisotopic (exact) mass is 326 g/mol. The Labute approximate surface area is 146 Å². The van der Waals surface area contributed by atoms with Gasteiger partial charge in [-0.2, -0.15) is 0 Å². The van der Waals surface area contributed by atoms with Crippen LogP contribution in [-0.2, 0) is 22.6 Å². The molecule has 0 aromatic heterocycles. The zero-order valence-electron chi connectivity index (χ0n) is 14.7. The van der Waals surface area contributed by atoms with Crippen molar-refractivity contribution in [3.63, 3.8) is 0 Å². The lowest BCUT2D eigenvalue weighted by molar-refractivity contribution is -0.295. The van der Waals surface area contributed by atoms with Gasteiger partial charge in [0, 0.05) is 0 Å². The molecule has 0 atom stereocenters. The number of hydrogen-bond donors (Lipinski definition) is 0. The Hall–Kier alpha value is -1.64. The van der Waals surface area contributed by atoms with E-state index in [1.54, 1.807) is 0 Å². The van der Waals surface area contributed by atoms with Gasteiger partial charge in [-0.1, -0.05) is 73.5 Å². The molecule has 130 valence electrons. The van der Waals surface area contributed by atoms with Crippen molar-refractivity contribution in [2.75, 3.05) is 13.2 Å². The van der Waals surface area contributed by atoms with E-state index < -0.39 is 0 Å². The zero-order valence-corrected chi connectivity index (χ0v) is 14.7. The first-order chi connectivity index (χ1) is 11.9. The minimum Gasteiger partial charge on any atom is -0.237 e. The first-order valence-electron chi connectivity index (χ1n) is 9.27. The summed E-state index contributed by atoms with van der Waals surface area (Å²) in [6, 6.07) is 21.3. The first kappa shape index (κ1) is 18.7. The summed E-state index contributed by atoms with van der Waals surface area (Å²) in [6.45, 7) is 1.41. The Bertz CT molecular complexity index is 461. The summed E-state index contributed by atoms with van der Waals surface area (Å²) in [5.74, 6) is 0. The van der Waals surface area contributed by atoms with Crippen molar-refractivity contribution in [2.45, 2.75) is 51.4 Å². The molecular weight excluding hydrogens is 296 g/mol. The molecule has 0 unspecified atom stereocenters. The number of rotatable bonds is 13. The molecule has 24 heavy (non-hydrogen) atoms. The summed E-state index contributed by atoms with van der Waals surface area (Å²) in [7, 11) is 0. The lowest BCUT2D eigenvalue weighted by atomic mass is 10.1. The zero-order chi connectivity index (χ0) is 16.7. The topological polar surface area (TPSA) is 18.5 Å². The van der Waals surface area contributed by atoms with E-state index in [0.29, 0.717) is 13.2 Å². The molecule has 0 fully saturated rings. The van der Waals surface area contributed by atoms with E-state index in [1.165, 1.54) is 36.8 Å². The van der Waals surface area contributed by atoms with Crippen molar-refractivity contribution in [2.24, 2.45) is 0 Å². The van der Waals surface area contributed by atoms with Gasteiger partial charge in [0.1, 0.15) is 0 Å². The molecule has 0 spiro atoms. The highest BCUT2D eigenvalue weighted by atomic mass is 17.2. The fraction of sp³-hybridized carbons (Fsp3) is 0.455. The molecule has 0 aliphatic rings. The minimum atomic E-state index is 0.707. The standard InChI is InChI=1S/C22H30O2/c1-5-13-21(14-6-1)17-9-3-11-19-23-24-20-12-4-10-18-22-15-7-2-8-16-22/h1-2,5-8,13-16H,3-4,9-12,17-20H2. The van der Waals surface area contributed by atoms with Crippen LogP contribution in [0.15, 0.2) is 60.7 Å². The number of benzene rings is 2. The van der Waals surface area contributed by atoms with E-state index in [1.807, 2.05) is 0 Å². The Morgan fingerprint density at radius 2 is 0.875 bits per heavy atom.